The molecule has 1 amide bonds. The molecule has 2 spiro atoms. The third-order valence-electron chi connectivity index (χ3n) is 8.95. The summed E-state index contributed by atoms with van der Waals surface area (Å²) >= 11 is 6.52. The van der Waals surface area contributed by atoms with Gasteiger partial charge in [-0.15, -0.1) is 0 Å². The second-order valence-corrected chi connectivity index (χ2v) is 11.2. The van der Waals surface area contributed by atoms with E-state index in [1.807, 2.05) is 54.6 Å². The van der Waals surface area contributed by atoms with E-state index in [2.05, 4.69) is 16.0 Å². The molecule has 0 aromatic heterocycles. The van der Waals surface area contributed by atoms with Crippen molar-refractivity contribution in [2.45, 2.75) is 17.5 Å². The molecule has 4 aromatic carbocycles. The molecule has 4 aromatic rings. The number of hydrogen-bond acceptors (Lipinski definition) is 7. The van der Waals surface area contributed by atoms with Crippen LogP contribution in [0, 0.1) is 15.5 Å². The van der Waals surface area contributed by atoms with Crippen LogP contribution in [0.1, 0.15) is 39.0 Å². The number of Topliss-reactive ketones (excluding diaryl/α,β-unsaturated/α-hetero) is 1. The summed E-state index contributed by atoms with van der Waals surface area (Å²) in [6.07, 6.45) is 0. The third kappa shape index (κ3) is 3.41. The summed E-state index contributed by atoms with van der Waals surface area (Å²) in [6, 6.07) is 26.2. The molecule has 10 heteroatoms. The van der Waals surface area contributed by atoms with Gasteiger partial charge < -0.3 is 15.4 Å². The lowest BCUT2D eigenvalue weighted by Gasteiger charge is -2.46. The van der Waals surface area contributed by atoms with Crippen LogP contribution in [0.3, 0.4) is 0 Å². The summed E-state index contributed by atoms with van der Waals surface area (Å²) in [5.74, 6) is -0.696. The van der Waals surface area contributed by atoms with Crippen LogP contribution in [0.25, 0.3) is 0 Å². The van der Waals surface area contributed by atoms with E-state index in [1.165, 1.54) is 12.1 Å². The van der Waals surface area contributed by atoms with Gasteiger partial charge >= 0.3 is 0 Å². The lowest BCUT2D eigenvalue weighted by atomic mass is 9.55. The highest BCUT2D eigenvalue weighted by atomic mass is 35.5. The molecule has 7 rings (SSSR count). The molecule has 0 aliphatic carbocycles. The lowest BCUT2D eigenvalue weighted by Crippen LogP contribution is -2.62. The Balaban J connectivity index is 1.57. The molecule has 4 atom stereocenters. The van der Waals surface area contributed by atoms with Gasteiger partial charge in [0.05, 0.1) is 17.4 Å². The maximum Gasteiger partial charge on any atom is 0.293 e. The standard InChI is InChI=1S/C32H25ClN4O5/c1-42-21-13-10-18(11-14-21)26-27(19-6-3-2-4-7-19)36-32(23-16-20(33)12-15-24(23)35-30(32)39)31(26)17-34-28-22(29(31)38)8-5-9-25(28)37(40)41/h2-16,26-27,34,36H,17H2,1H3,(H,35,39)/t26-,27-,31-,32-/m1/s1. The first-order valence-electron chi connectivity index (χ1n) is 13.5. The lowest BCUT2D eigenvalue weighted by molar-refractivity contribution is -0.384. The van der Waals surface area contributed by atoms with E-state index in [-0.39, 0.29) is 35.2 Å². The first kappa shape index (κ1) is 26.2. The van der Waals surface area contributed by atoms with Gasteiger partial charge in [-0.25, -0.2) is 0 Å². The van der Waals surface area contributed by atoms with E-state index in [0.29, 0.717) is 22.0 Å². The van der Waals surface area contributed by atoms with Crippen LogP contribution in [0.15, 0.2) is 91.0 Å². The Morgan fingerprint density at radius 3 is 2.43 bits per heavy atom. The number of anilines is 2. The maximum atomic E-state index is 15.2. The Morgan fingerprint density at radius 2 is 1.71 bits per heavy atom. The van der Waals surface area contributed by atoms with Gasteiger partial charge in [0.1, 0.15) is 17.0 Å². The Kier molecular flexibility index (Phi) is 5.86. The van der Waals surface area contributed by atoms with Crippen LogP contribution in [0.2, 0.25) is 5.02 Å². The SMILES string of the molecule is COc1ccc([C@@H]2[C@@H](c3ccccc3)N[C@]3(C(=O)Nc4ccc(Cl)cc43)[C@]23CNc2c(cccc2[N+](=O)[O-])C3=O)cc1. The zero-order valence-corrected chi connectivity index (χ0v) is 23.1. The van der Waals surface area contributed by atoms with Crippen LogP contribution in [0.4, 0.5) is 17.1 Å². The summed E-state index contributed by atoms with van der Waals surface area (Å²) in [5, 5.41) is 22.2. The van der Waals surface area contributed by atoms with E-state index in [9.17, 15) is 14.9 Å². The number of benzene rings is 4. The van der Waals surface area contributed by atoms with Gasteiger partial charge in [-0.2, -0.15) is 0 Å². The summed E-state index contributed by atoms with van der Waals surface area (Å²) in [4.78, 5) is 41.0. The minimum absolute atomic E-state index is 0.0455. The number of ketones is 1. The molecular formula is C32H25ClN4O5. The number of amides is 1. The number of para-hydroxylation sites is 1. The van der Waals surface area contributed by atoms with Gasteiger partial charge in [-0.3, -0.25) is 25.0 Å². The Hall–Kier alpha value is -4.73. The van der Waals surface area contributed by atoms with Gasteiger partial charge in [0.15, 0.2) is 5.78 Å². The topological polar surface area (TPSA) is 123 Å². The van der Waals surface area contributed by atoms with Crippen molar-refractivity contribution in [2.24, 2.45) is 5.41 Å². The number of carbonyl (C=O) groups excluding carboxylic acids is 2. The fourth-order valence-corrected chi connectivity index (χ4v) is 7.39. The molecule has 210 valence electrons. The highest BCUT2D eigenvalue weighted by Gasteiger charge is 2.74. The number of nitro groups is 1. The van der Waals surface area contributed by atoms with E-state index in [0.717, 1.165) is 11.1 Å². The van der Waals surface area contributed by atoms with Crippen molar-refractivity contribution in [3.8, 4) is 5.75 Å². The fourth-order valence-electron chi connectivity index (χ4n) is 7.22. The number of rotatable bonds is 4. The molecule has 3 heterocycles. The van der Waals surface area contributed by atoms with Gasteiger partial charge in [-0.05, 0) is 47.5 Å². The zero-order valence-electron chi connectivity index (χ0n) is 22.4. The third-order valence-corrected chi connectivity index (χ3v) is 9.18. The van der Waals surface area contributed by atoms with Crippen LogP contribution in [-0.2, 0) is 10.3 Å². The number of hydrogen-bond donors (Lipinski definition) is 3. The van der Waals surface area contributed by atoms with E-state index in [4.69, 9.17) is 16.3 Å². The first-order chi connectivity index (χ1) is 20.3. The summed E-state index contributed by atoms with van der Waals surface area (Å²) in [5.41, 5.74) is -0.124. The average Bonchev–Trinajstić information content (AvgIpc) is 3.47. The Labute approximate surface area is 246 Å². The van der Waals surface area contributed by atoms with Crippen molar-refractivity contribution in [1.82, 2.24) is 5.32 Å². The van der Waals surface area contributed by atoms with Gasteiger partial charge in [0.25, 0.3) is 11.6 Å². The first-order valence-corrected chi connectivity index (χ1v) is 13.8. The molecular weight excluding hydrogens is 556 g/mol. The predicted molar refractivity (Wildman–Crippen MR) is 158 cm³/mol. The normalized spacial score (nSPS) is 25.6. The molecule has 3 aliphatic rings. The fraction of sp³-hybridized carbons (Fsp3) is 0.188. The summed E-state index contributed by atoms with van der Waals surface area (Å²) in [6.45, 7) is -0.0455. The molecule has 42 heavy (non-hydrogen) atoms. The quantitative estimate of drug-likeness (QED) is 0.205. The summed E-state index contributed by atoms with van der Waals surface area (Å²) in [7, 11) is 1.58. The van der Waals surface area contributed by atoms with Crippen LogP contribution in [0.5, 0.6) is 5.75 Å². The number of halogens is 1. The van der Waals surface area contributed by atoms with Gasteiger partial charge in [0.2, 0.25) is 0 Å². The Morgan fingerprint density at radius 1 is 0.952 bits per heavy atom. The van der Waals surface area contributed by atoms with Crippen LogP contribution in [-0.4, -0.2) is 30.3 Å². The van der Waals surface area contributed by atoms with Crippen molar-refractivity contribution in [3.63, 3.8) is 0 Å². The molecule has 0 bridgehead atoms. The highest BCUT2D eigenvalue weighted by Crippen LogP contribution is 2.66. The van der Waals surface area contributed by atoms with Crippen molar-refractivity contribution in [3.05, 3.63) is 128 Å². The zero-order chi connectivity index (χ0) is 29.2. The molecule has 0 unspecified atom stereocenters. The molecule has 3 aliphatic heterocycles. The van der Waals surface area contributed by atoms with Crippen LogP contribution < -0.4 is 20.7 Å². The smallest absolute Gasteiger partial charge is 0.293 e. The number of carbonyl (C=O) groups is 2. The van der Waals surface area contributed by atoms with Crippen LogP contribution >= 0.6 is 11.6 Å². The van der Waals surface area contributed by atoms with E-state index < -0.39 is 27.8 Å². The van der Waals surface area contributed by atoms with Crippen molar-refractivity contribution in [1.29, 1.82) is 0 Å². The second kappa shape index (κ2) is 9.40. The number of methoxy groups -OCH3 is 1. The number of nitro benzene ring substituents is 1. The molecule has 3 N–H and O–H groups in total. The van der Waals surface area contributed by atoms with E-state index in [1.54, 1.807) is 31.4 Å². The monoisotopic (exact) mass is 580 g/mol. The van der Waals surface area contributed by atoms with Gasteiger partial charge in [0, 0.05) is 46.4 Å². The highest BCUT2D eigenvalue weighted by molar-refractivity contribution is 6.31. The molecule has 0 radical (unpaired) electrons. The number of nitrogens with zero attached hydrogens (tertiary/aromatic N) is 1. The predicted octanol–water partition coefficient (Wildman–Crippen LogP) is 5.83. The minimum Gasteiger partial charge on any atom is -0.497 e. The number of nitrogens with one attached hydrogen (secondary N) is 3. The second-order valence-electron chi connectivity index (χ2n) is 10.8. The van der Waals surface area contributed by atoms with Gasteiger partial charge in [-0.1, -0.05) is 60.1 Å². The number of ether oxygens (including phenoxy) is 1. The molecule has 0 saturated carbocycles. The largest absolute Gasteiger partial charge is 0.497 e. The van der Waals surface area contributed by atoms with Crippen molar-refractivity contribution >= 4 is 40.4 Å². The average molecular weight is 581 g/mol. The van der Waals surface area contributed by atoms with Crippen molar-refractivity contribution in [2.75, 3.05) is 24.3 Å². The molecule has 1 saturated heterocycles. The van der Waals surface area contributed by atoms with E-state index >= 15 is 4.79 Å². The Bertz CT molecular complexity index is 1780. The minimum atomic E-state index is -1.56. The molecule has 1 fully saturated rings. The maximum absolute atomic E-state index is 15.2. The summed E-state index contributed by atoms with van der Waals surface area (Å²) < 4.78 is 5.42. The molecule has 9 nitrogen and oxygen atoms in total. The number of fused-ring (bicyclic) bond motifs is 4. The van der Waals surface area contributed by atoms with Crippen molar-refractivity contribution < 1.29 is 19.2 Å².